The summed E-state index contributed by atoms with van der Waals surface area (Å²) in [6.45, 7) is 3.94. The monoisotopic (exact) mass is 433 g/mol. The van der Waals surface area contributed by atoms with Crippen molar-refractivity contribution >= 4 is 17.6 Å². The van der Waals surface area contributed by atoms with Gasteiger partial charge in [-0.05, 0) is 61.4 Å². The van der Waals surface area contributed by atoms with Crippen LogP contribution in [0.1, 0.15) is 43.6 Å². The molecule has 168 valence electrons. The molecule has 3 N–H and O–H groups in total. The number of anilines is 3. The number of aromatic nitrogens is 4. The Morgan fingerprint density at radius 3 is 2.59 bits per heavy atom. The van der Waals surface area contributed by atoms with E-state index in [9.17, 15) is 0 Å². The molecule has 0 radical (unpaired) electrons. The van der Waals surface area contributed by atoms with Crippen LogP contribution in [0, 0.1) is 0 Å². The molecule has 3 heterocycles. The highest BCUT2D eigenvalue weighted by atomic mass is 16.5. The van der Waals surface area contributed by atoms with Crippen molar-refractivity contribution in [1.82, 2.24) is 24.6 Å². The van der Waals surface area contributed by atoms with Crippen LogP contribution in [0.3, 0.4) is 0 Å². The predicted octanol–water partition coefficient (Wildman–Crippen LogP) is 3.74. The largest absolute Gasteiger partial charge is 0.379 e. The van der Waals surface area contributed by atoms with Crippen LogP contribution < -0.4 is 11.1 Å². The van der Waals surface area contributed by atoms with Crippen molar-refractivity contribution < 1.29 is 4.74 Å². The molecule has 0 amide bonds. The Hall–Kier alpha value is -2.97. The molecule has 8 nitrogen and oxygen atoms in total. The fourth-order valence-electron chi connectivity index (χ4n) is 4.92. The minimum Gasteiger partial charge on any atom is -0.379 e. The van der Waals surface area contributed by atoms with Gasteiger partial charge in [-0.15, -0.1) is 5.10 Å². The molecule has 0 spiro atoms. The highest BCUT2D eigenvalue weighted by molar-refractivity contribution is 5.55. The van der Waals surface area contributed by atoms with E-state index in [2.05, 4.69) is 49.5 Å². The SMILES string of the molecule is Nc1nc(Nc2ccc(C3CCCC(N4CCOCC4)CC3)cc2)nn1-c1ccccn1. The Balaban J connectivity index is 1.21. The lowest BCUT2D eigenvalue weighted by Gasteiger charge is -2.34. The summed E-state index contributed by atoms with van der Waals surface area (Å²) in [4.78, 5) is 11.2. The number of benzene rings is 1. The fraction of sp³-hybridized carbons (Fsp3) is 0.458. The van der Waals surface area contributed by atoms with Gasteiger partial charge in [0.2, 0.25) is 11.9 Å². The average Bonchev–Trinajstić information content (AvgIpc) is 3.04. The van der Waals surface area contributed by atoms with Crippen molar-refractivity contribution in [1.29, 1.82) is 0 Å². The molecule has 1 aromatic carbocycles. The van der Waals surface area contributed by atoms with Gasteiger partial charge in [-0.1, -0.05) is 24.6 Å². The van der Waals surface area contributed by atoms with E-state index < -0.39 is 0 Å². The van der Waals surface area contributed by atoms with Crippen molar-refractivity contribution in [2.24, 2.45) is 0 Å². The van der Waals surface area contributed by atoms with Gasteiger partial charge >= 0.3 is 0 Å². The number of ether oxygens (including phenoxy) is 1. The highest BCUT2D eigenvalue weighted by Gasteiger charge is 2.25. The average molecular weight is 434 g/mol. The van der Waals surface area contributed by atoms with Crippen LogP contribution in [0.4, 0.5) is 17.6 Å². The molecular weight excluding hydrogens is 402 g/mol. The third-order valence-electron chi connectivity index (χ3n) is 6.64. The quantitative estimate of drug-likeness (QED) is 0.592. The first kappa shape index (κ1) is 20.9. The number of hydrogen-bond donors (Lipinski definition) is 2. The van der Waals surface area contributed by atoms with Gasteiger partial charge in [0.1, 0.15) is 0 Å². The smallest absolute Gasteiger partial charge is 0.248 e. The van der Waals surface area contributed by atoms with Crippen LogP contribution in [-0.4, -0.2) is 57.0 Å². The lowest BCUT2D eigenvalue weighted by atomic mass is 9.91. The second-order valence-electron chi connectivity index (χ2n) is 8.65. The fourth-order valence-corrected chi connectivity index (χ4v) is 4.92. The van der Waals surface area contributed by atoms with E-state index in [1.54, 1.807) is 6.20 Å². The second kappa shape index (κ2) is 9.67. The van der Waals surface area contributed by atoms with Crippen molar-refractivity contribution in [3.05, 3.63) is 54.2 Å². The number of morpholine rings is 1. The Kier molecular flexibility index (Phi) is 6.31. The van der Waals surface area contributed by atoms with Gasteiger partial charge in [-0.2, -0.15) is 9.67 Å². The number of nitrogens with zero attached hydrogens (tertiary/aromatic N) is 5. The van der Waals surface area contributed by atoms with Crippen LogP contribution in [0.25, 0.3) is 5.82 Å². The number of nitrogens with one attached hydrogen (secondary N) is 1. The van der Waals surface area contributed by atoms with Crippen LogP contribution in [0.15, 0.2) is 48.7 Å². The number of nitrogens with two attached hydrogens (primary N) is 1. The van der Waals surface area contributed by atoms with Crippen LogP contribution in [0.5, 0.6) is 0 Å². The molecule has 1 aliphatic heterocycles. The van der Waals surface area contributed by atoms with E-state index in [4.69, 9.17) is 10.5 Å². The summed E-state index contributed by atoms with van der Waals surface area (Å²) >= 11 is 0. The first-order valence-corrected chi connectivity index (χ1v) is 11.6. The second-order valence-corrected chi connectivity index (χ2v) is 8.65. The zero-order valence-corrected chi connectivity index (χ0v) is 18.4. The predicted molar refractivity (Wildman–Crippen MR) is 125 cm³/mol. The number of hydrogen-bond acceptors (Lipinski definition) is 7. The molecule has 3 aromatic rings. The third-order valence-corrected chi connectivity index (χ3v) is 6.64. The van der Waals surface area contributed by atoms with E-state index in [1.807, 2.05) is 18.2 Å². The summed E-state index contributed by atoms with van der Waals surface area (Å²) < 4.78 is 7.06. The summed E-state index contributed by atoms with van der Waals surface area (Å²) in [6, 6.07) is 15.0. The molecule has 2 aliphatic rings. The summed E-state index contributed by atoms with van der Waals surface area (Å²) in [5.41, 5.74) is 8.40. The zero-order chi connectivity index (χ0) is 21.8. The summed E-state index contributed by atoms with van der Waals surface area (Å²) in [6.07, 6.45) is 8.10. The molecule has 2 atom stereocenters. The summed E-state index contributed by atoms with van der Waals surface area (Å²) in [7, 11) is 0. The number of nitrogen functional groups attached to an aromatic ring is 1. The maximum Gasteiger partial charge on any atom is 0.248 e. The van der Waals surface area contributed by atoms with E-state index in [0.717, 1.165) is 38.0 Å². The van der Waals surface area contributed by atoms with Crippen LogP contribution in [-0.2, 0) is 4.74 Å². The van der Waals surface area contributed by atoms with E-state index >= 15 is 0 Å². The molecule has 1 saturated heterocycles. The van der Waals surface area contributed by atoms with Gasteiger partial charge in [0, 0.05) is 31.0 Å². The Morgan fingerprint density at radius 1 is 0.969 bits per heavy atom. The molecular formula is C24H31N7O. The normalized spacial score (nSPS) is 22.4. The van der Waals surface area contributed by atoms with E-state index in [0.29, 0.717) is 23.6 Å². The van der Waals surface area contributed by atoms with E-state index in [1.165, 1.54) is 42.3 Å². The molecule has 1 aliphatic carbocycles. The molecule has 8 heteroatoms. The van der Waals surface area contributed by atoms with Gasteiger partial charge in [0.15, 0.2) is 5.82 Å². The molecule has 2 fully saturated rings. The molecule has 32 heavy (non-hydrogen) atoms. The minimum absolute atomic E-state index is 0.302. The van der Waals surface area contributed by atoms with Gasteiger partial charge in [0.05, 0.1) is 13.2 Å². The molecule has 0 bridgehead atoms. The molecule has 5 rings (SSSR count). The lowest BCUT2D eigenvalue weighted by Crippen LogP contribution is -2.43. The highest BCUT2D eigenvalue weighted by Crippen LogP contribution is 2.34. The van der Waals surface area contributed by atoms with Gasteiger partial charge in [0.25, 0.3) is 0 Å². The van der Waals surface area contributed by atoms with Crippen molar-refractivity contribution in [3.63, 3.8) is 0 Å². The molecule has 2 aromatic heterocycles. The van der Waals surface area contributed by atoms with Gasteiger partial charge in [-0.3, -0.25) is 4.90 Å². The van der Waals surface area contributed by atoms with Crippen molar-refractivity contribution in [3.8, 4) is 5.82 Å². The zero-order valence-electron chi connectivity index (χ0n) is 18.4. The minimum atomic E-state index is 0.302. The maximum absolute atomic E-state index is 6.03. The van der Waals surface area contributed by atoms with Crippen LogP contribution in [0.2, 0.25) is 0 Å². The summed E-state index contributed by atoms with van der Waals surface area (Å²) in [5.74, 6) is 2.04. The number of rotatable bonds is 5. The first-order chi connectivity index (χ1) is 15.8. The lowest BCUT2D eigenvalue weighted by molar-refractivity contribution is 0.0133. The standard InChI is InChI=1S/C24H31N7O/c25-23-28-24(29-31(23)22-6-1-2-13-26-22)27-20-10-7-19(8-11-20)18-4-3-5-21(12-9-18)30-14-16-32-17-15-30/h1-2,6-8,10-11,13,18,21H,3-5,9,12,14-17H2,(H3,25,27,28,29). The molecule has 1 saturated carbocycles. The Labute approximate surface area is 188 Å². The van der Waals surface area contributed by atoms with E-state index in [-0.39, 0.29) is 0 Å². The van der Waals surface area contributed by atoms with Crippen molar-refractivity contribution in [2.75, 3.05) is 37.4 Å². The third kappa shape index (κ3) is 4.76. The van der Waals surface area contributed by atoms with Crippen LogP contribution >= 0.6 is 0 Å². The van der Waals surface area contributed by atoms with Crippen molar-refractivity contribution in [2.45, 2.75) is 44.1 Å². The topological polar surface area (TPSA) is 94.1 Å². The van der Waals surface area contributed by atoms with Gasteiger partial charge < -0.3 is 15.8 Å². The Morgan fingerprint density at radius 2 is 1.81 bits per heavy atom. The van der Waals surface area contributed by atoms with Gasteiger partial charge in [-0.25, -0.2) is 4.98 Å². The number of pyridine rings is 1. The summed E-state index contributed by atoms with van der Waals surface area (Å²) in [5, 5.41) is 7.70. The molecule has 2 unspecified atom stereocenters. The first-order valence-electron chi connectivity index (χ1n) is 11.6. The Bertz CT molecular complexity index is 999. The maximum atomic E-state index is 6.03.